The van der Waals surface area contributed by atoms with Gasteiger partial charge in [-0.25, -0.2) is 0 Å². The Morgan fingerprint density at radius 2 is 1.81 bits per heavy atom. The number of carboxylic acid groups (broad SMARTS) is 1. The molecular formula is C16H28N2O3. The Balaban J connectivity index is 1.88. The molecule has 0 bridgehead atoms. The quantitative estimate of drug-likeness (QED) is 0.861. The zero-order chi connectivity index (χ0) is 15.4. The largest absolute Gasteiger partial charge is 0.480 e. The van der Waals surface area contributed by atoms with Crippen molar-refractivity contribution in [3.8, 4) is 0 Å². The third-order valence-corrected chi connectivity index (χ3v) is 5.16. The number of hydrogen-bond acceptors (Lipinski definition) is 3. The van der Waals surface area contributed by atoms with Crippen molar-refractivity contribution in [2.75, 3.05) is 20.1 Å². The Morgan fingerprint density at radius 3 is 2.43 bits per heavy atom. The van der Waals surface area contributed by atoms with Gasteiger partial charge in [0.1, 0.15) is 6.04 Å². The van der Waals surface area contributed by atoms with Gasteiger partial charge in [-0.05, 0) is 51.0 Å². The minimum absolute atomic E-state index is 0.0719. The van der Waals surface area contributed by atoms with E-state index in [1.807, 2.05) is 16.8 Å². The summed E-state index contributed by atoms with van der Waals surface area (Å²) < 4.78 is 0. The summed E-state index contributed by atoms with van der Waals surface area (Å²) in [7, 11) is 1.88. The SMILES string of the molecule is CC1CCC(N(C)C(=O)CN2CCCC[C@@H]2C(=O)O)CC1. The Bertz CT molecular complexity index is 378. The van der Waals surface area contributed by atoms with Crippen molar-refractivity contribution in [2.45, 2.75) is 64.0 Å². The molecule has 1 saturated heterocycles. The second-order valence-electron chi connectivity index (χ2n) is 6.74. The molecule has 0 aromatic rings. The van der Waals surface area contributed by atoms with Gasteiger partial charge in [-0.15, -0.1) is 0 Å². The molecule has 2 aliphatic rings. The van der Waals surface area contributed by atoms with Crippen LogP contribution in [-0.2, 0) is 9.59 Å². The summed E-state index contributed by atoms with van der Waals surface area (Å²) in [6, 6.07) is -0.149. The van der Waals surface area contributed by atoms with Crippen molar-refractivity contribution in [2.24, 2.45) is 5.92 Å². The summed E-state index contributed by atoms with van der Waals surface area (Å²) in [6.07, 6.45) is 7.11. The highest BCUT2D eigenvalue weighted by Crippen LogP contribution is 2.27. The van der Waals surface area contributed by atoms with Crippen molar-refractivity contribution in [3.63, 3.8) is 0 Å². The number of piperidine rings is 1. The van der Waals surface area contributed by atoms with Gasteiger partial charge in [0.05, 0.1) is 6.54 Å². The number of hydrogen-bond donors (Lipinski definition) is 1. The number of carboxylic acids is 1. The fraction of sp³-hybridized carbons (Fsp3) is 0.875. The normalized spacial score (nSPS) is 30.9. The van der Waals surface area contributed by atoms with E-state index in [2.05, 4.69) is 6.92 Å². The van der Waals surface area contributed by atoms with E-state index in [4.69, 9.17) is 0 Å². The van der Waals surface area contributed by atoms with Gasteiger partial charge < -0.3 is 10.0 Å². The second kappa shape index (κ2) is 7.25. The van der Waals surface area contributed by atoms with Crippen LogP contribution in [0.15, 0.2) is 0 Å². The lowest BCUT2D eigenvalue weighted by Gasteiger charge is -2.37. The van der Waals surface area contributed by atoms with E-state index in [9.17, 15) is 14.7 Å². The summed E-state index contributed by atoms with van der Waals surface area (Å²) in [5, 5.41) is 9.27. The summed E-state index contributed by atoms with van der Waals surface area (Å²) >= 11 is 0. The van der Waals surface area contributed by atoms with E-state index < -0.39 is 12.0 Å². The van der Waals surface area contributed by atoms with E-state index in [0.29, 0.717) is 12.5 Å². The summed E-state index contributed by atoms with van der Waals surface area (Å²) in [5.74, 6) is 0.0441. The van der Waals surface area contributed by atoms with E-state index in [-0.39, 0.29) is 12.5 Å². The molecule has 2 fully saturated rings. The number of likely N-dealkylation sites (N-methyl/N-ethyl adjacent to an activating group) is 1. The van der Waals surface area contributed by atoms with Crippen molar-refractivity contribution in [1.82, 2.24) is 9.80 Å². The molecule has 0 aromatic carbocycles. The molecule has 0 unspecified atom stereocenters. The van der Waals surface area contributed by atoms with Crippen LogP contribution in [0.25, 0.3) is 0 Å². The lowest BCUT2D eigenvalue weighted by atomic mass is 9.87. The molecule has 5 nitrogen and oxygen atoms in total. The average Bonchev–Trinajstić information content (AvgIpc) is 2.47. The summed E-state index contributed by atoms with van der Waals surface area (Å²) in [5.41, 5.74) is 0. The summed E-state index contributed by atoms with van der Waals surface area (Å²) in [4.78, 5) is 27.4. The van der Waals surface area contributed by atoms with E-state index in [1.165, 1.54) is 12.8 Å². The molecule has 1 heterocycles. The summed E-state index contributed by atoms with van der Waals surface area (Å²) in [6.45, 7) is 3.24. The van der Waals surface area contributed by atoms with Crippen molar-refractivity contribution in [1.29, 1.82) is 0 Å². The fourth-order valence-corrected chi connectivity index (χ4v) is 3.58. The average molecular weight is 296 g/mol. The monoisotopic (exact) mass is 296 g/mol. The van der Waals surface area contributed by atoms with Gasteiger partial charge in [0.25, 0.3) is 0 Å². The van der Waals surface area contributed by atoms with Crippen LogP contribution in [0.5, 0.6) is 0 Å². The number of rotatable bonds is 4. The third kappa shape index (κ3) is 4.19. The molecule has 120 valence electrons. The highest BCUT2D eigenvalue weighted by atomic mass is 16.4. The van der Waals surface area contributed by atoms with Crippen LogP contribution in [0.2, 0.25) is 0 Å². The maximum atomic E-state index is 12.5. The minimum atomic E-state index is -0.795. The molecule has 1 saturated carbocycles. The highest BCUT2D eigenvalue weighted by molar-refractivity contribution is 5.80. The van der Waals surface area contributed by atoms with E-state index in [1.54, 1.807) is 0 Å². The van der Waals surface area contributed by atoms with Crippen LogP contribution in [-0.4, -0.2) is 59.0 Å². The number of carbonyl (C=O) groups excluding carboxylic acids is 1. The zero-order valence-electron chi connectivity index (χ0n) is 13.3. The van der Waals surface area contributed by atoms with Gasteiger partial charge in [0.15, 0.2) is 0 Å². The number of likely N-dealkylation sites (tertiary alicyclic amines) is 1. The number of carbonyl (C=O) groups is 2. The van der Waals surface area contributed by atoms with E-state index in [0.717, 1.165) is 38.1 Å². The Morgan fingerprint density at radius 1 is 1.14 bits per heavy atom. The minimum Gasteiger partial charge on any atom is -0.480 e. The molecule has 21 heavy (non-hydrogen) atoms. The molecule has 1 aliphatic heterocycles. The molecule has 5 heteroatoms. The Labute approximate surface area is 127 Å². The fourth-order valence-electron chi connectivity index (χ4n) is 3.58. The predicted molar refractivity (Wildman–Crippen MR) is 81.0 cm³/mol. The van der Waals surface area contributed by atoms with Crippen LogP contribution >= 0.6 is 0 Å². The highest BCUT2D eigenvalue weighted by Gasteiger charge is 2.32. The van der Waals surface area contributed by atoms with Gasteiger partial charge in [-0.1, -0.05) is 13.3 Å². The lowest BCUT2D eigenvalue weighted by Crippen LogP contribution is -2.51. The molecule has 0 aromatic heterocycles. The lowest BCUT2D eigenvalue weighted by molar-refractivity contribution is -0.146. The topological polar surface area (TPSA) is 60.9 Å². The number of nitrogens with zero attached hydrogens (tertiary/aromatic N) is 2. The molecule has 1 aliphatic carbocycles. The van der Waals surface area contributed by atoms with Crippen LogP contribution < -0.4 is 0 Å². The Hall–Kier alpha value is -1.10. The molecule has 0 radical (unpaired) electrons. The van der Waals surface area contributed by atoms with Gasteiger partial charge in [0.2, 0.25) is 5.91 Å². The molecule has 1 N–H and O–H groups in total. The molecule has 1 amide bonds. The van der Waals surface area contributed by atoms with E-state index >= 15 is 0 Å². The first-order valence-corrected chi connectivity index (χ1v) is 8.21. The first kappa shape index (κ1) is 16.3. The smallest absolute Gasteiger partial charge is 0.320 e. The predicted octanol–water partition coefficient (Wildman–Crippen LogP) is 1.96. The van der Waals surface area contributed by atoms with Crippen LogP contribution in [0, 0.1) is 5.92 Å². The second-order valence-corrected chi connectivity index (χ2v) is 6.74. The molecule has 1 atom stereocenters. The van der Waals surface area contributed by atoms with Gasteiger partial charge in [-0.3, -0.25) is 14.5 Å². The standard InChI is InChI=1S/C16H28N2O3/c1-12-6-8-13(9-7-12)17(2)15(19)11-18-10-4-3-5-14(18)16(20)21/h12-14H,3-11H2,1-2H3,(H,20,21)/t12?,13?,14-/m1/s1. The van der Waals surface area contributed by atoms with Crippen molar-refractivity contribution in [3.05, 3.63) is 0 Å². The van der Waals surface area contributed by atoms with Crippen LogP contribution in [0.3, 0.4) is 0 Å². The maximum absolute atomic E-state index is 12.5. The number of amides is 1. The Kier molecular flexibility index (Phi) is 5.62. The molecule has 0 spiro atoms. The van der Waals surface area contributed by atoms with Gasteiger partial charge in [0, 0.05) is 13.1 Å². The third-order valence-electron chi connectivity index (χ3n) is 5.16. The number of aliphatic carboxylic acids is 1. The van der Waals surface area contributed by atoms with Crippen LogP contribution in [0.1, 0.15) is 51.9 Å². The van der Waals surface area contributed by atoms with Crippen LogP contribution in [0.4, 0.5) is 0 Å². The first-order valence-electron chi connectivity index (χ1n) is 8.21. The molecule has 2 rings (SSSR count). The molecular weight excluding hydrogens is 268 g/mol. The maximum Gasteiger partial charge on any atom is 0.320 e. The first-order chi connectivity index (χ1) is 9.99. The van der Waals surface area contributed by atoms with Crippen molar-refractivity contribution >= 4 is 11.9 Å². The van der Waals surface area contributed by atoms with Gasteiger partial charge in [-0.2, -0.15) is 0 Å². The van der Waals surface area contributed by atoms with Gasteiger partial charge >= 0.3 is 5.97 Å². The van der Waals surface area contributed by atoms with Crippen molar-refractivity contribution < 1.29 is 14.7 Å². The zero-order valence-corrected chi connectivity index (χ0v) is 13.3.